The van der Waals surface area contributed by atoms with Crippen molar-refractivity contribution >= 4 is 29.5 Å². The Hall–Kier alpha value is -3.36. The van der Waals surface area contributed by atoms with Crippen LogP contribution in [0.3, 0.4) is 0 Å². The Morgan fingerprint density at radius 3 is 1.95 bits per heavy atom. The van der Waals surface area contributed by atoms with Gasteiger partial charge in [0.2, 0.25) is 0 Å². The lowest BCUT2D eigenvalue weighted by atomic mass is 9.86. The van der Waals surface area contributed by atoms with E-state index in [0.29, 0.717) is 31.0 Å². The van der Waals surface area contributed by atoms with Gasteiger partial charge < -0.3 is 9.47 Å². The number of hydrogen-bond acceptors (Lipinski definition) is 4. The minimum Gasteiger partial charge on any atom is -0.453 e. The molecule has 1 heterocycles. The summed E-state index contributed by atoms with van der Waals surface area (Å²) < 4.78 is 133. The zero-order valence-electron chi connectivity index (χ0n) is 23.3. The number of hydrogen-bond donors (Lipinski definition) is 0. The first kappa shape index (κ1) is 33.5. The van der Waals surface area contributed by atoms with Gasteiger partial charge in [-0.2, -0.15) is 39.5 Å². The van der Waals surface area contributed by atoms with E-state index in [1.165, 1.54) is 13.8 Å². The van der Waals surface area contributed by atoms with Crippen LogP contribution in [0.15, 0.2) is 30.3 Å². The summed E-state index contributed by atoms with van der Waals surface area (Å²) in [7, 11) is 0.927. The first-order valence-electron chi connectivity index (χ1n) is 13.3. The highest BCUT2D eigenvalue weighted by molar-refractivity contribution is 6.31. The molecule has 2 aromatic rings. The highest BCUT2D eigenvalue weighted by atomic mass is 35.5. The lowest BCUT2D eigenvalue weighted by Crippen LogP contribution is -2.50. The van der Waals surface area contributed by atoms with E-state index >= 15 is 0 Å². The summed E-state index contributed by atoms with van der Waals surface area (Å²) in [5.74, 6) is -0.236. The van der Waals surface area contributed by atoms with Gasteiger partial charge >= 0.3 is 30.7 Å². The molecule has 1 aliphatic carbocycles. The fourth-order valence-electron chi connectivity index (χ4n) is 5.31. The standard InChI is InChI=1S/C28H26ClF9N2O4/c1-13(2)44-25(42)40-21(15-4-5-15)11-22(18-9-20(29)19(10-23(18)40)28(36,37)38)39(24(41)43-3)12-14-6-16(26(30,31)32)8-17(7-14)27(33,34)35/h6-10,13,15,21-22H,4-5,11-12H2,1-3H3/t21-,22-/m1/s1. The maximum atomic E-state index is 13.9. The molecule has 2 atom stereocenters. The molecule has 242 valence electrons. The van der Waals surface area contributed by atoms with Crippen molar-refractivity contribution in [2.45, 2.75) is 76.4 Å². The smallest absolute Gasteiger partial charge is 0.417 e. The molecule has 44 heavy (non-hydrogen) atoms. The van der Waals surface area contributed by atoms with Gasteiger partial charge in [-0.25, -0.2) is 9.59 Å². The van der Waals surface area contributed by atoms with Crippen LogP contribution in [0.25, 0.3) is 0 Å². The number of halogens is 10. The molecular weight excluding hydrogens is 635 g/mol. The summed E-state index contributed by atoms with van der Waals surface area (Å²) in [6.07, 6.45) is -17.1. The molecule has 6 nitrogen and oxygen atoms in total. The predicted octanol–water partition coefficient (Wildman–Crippen LogP) is 9.24. The minimum atomic E-state index is -5.17. The number of carbonyl (C=O) groups is 2. The first-order valence-corrected chi connectivity index (χ1v) is 13.6. The van der Waals surface area contributed by atoms with E-state index in [1.54, 1.807) is 0 Å². The molecule has 2 amide bonds. The Balaban J connectivity index is 1.91. The molecule has 1 aliphatic heterocycles. The fraction of sp³-hybridized carbons (Fsp3) is 0.500. The van der Waals surface area contributed by atoms with E-state index in [2.05, 4.69) is 0 Å². The van der Waals surface area contributed by atoms with Gasteiger partial charge in [0.05, 0.1) is 46.7 Å². The minimum absolute atomic E-state index is 0.0678. The van der Waals surface area contributed by atoms with Gasteiger partial charge in [0, 0.05) is 18.2 Å². The third kappa shape index (κ3) is 7.13. The molecule has 2 aliphatic rings. The summed E-state index contributed by atoms with van der Waals surface area (Å²) in [4.78, 5) is 28.2. The summed E-state index contributed by atoms with van der Waals surface area (Å²) in [6, 6.07) is 0.227. The SMILES string of the molecule is COC(=O)N(Cc1cc(C(F)(F)F)cc(C(F)(F)F)c1)[C@@H]1C[C@H](C2CC2)N(C(=O)OC(C)C)c2cc(C(F)(F)F)c(Cl)cc21. The van der Waals surface area contributed by atoms with Gasteiger partial charge in [-0.3, -0.25) is 9.80 Å². The number of nitrogens with zero attached hydrogens (tertiary/aromatic N) is 2. The van der Waals surface area contributed by atoms with Crippen LogP contribution in [0, 0.1) is 5.92 Å². The Labute approximate surface area is 250 Å². The second kappa shape index (κ2) is 11.9. The van der Waals surface area contributed by atoms with Crippen molar-refractivity contribution in [2.75, 3.05) is 12.0 Å². The summed E-state index contributed by atoms with van der Waals surface area (Å²) in [6.45, 7) is 2.21. The first-order chi connectivity index (χ1) is 20.2. The molecule has 0 unspecified atom stereocenters. The molecule has 0 aromatic heterocycles. The molecular formula is C28H26ClF9N2O4. The van der Waals surface area contributed by atoms with Crippen LogP contribution in [0.4, 0.5) is 54.8 Å². The Kier molecular flexibility index (Phi) is 9.04. The molecule has 16 heteroatoms. The molecule has 0 saturated heterocycles. The van der Waals surface area contributed by atoms with Crippen LogP contribution in [-0.4, -0.2) is 36.3 Å². The van der Waals surface area contributed by atoms with Gasteiger partial charge in [-0.05, 0) is 74.9 Å². The molecule has 2 aromatic carbocycles. The molecule has 0 spiro atoms. The van der Waals surface area contributed by atoms with Crippen LogP contribution >= 0.6 is 11.6 Å². The second-order valence-electron chi connectivity index (χ2n) is 10.9. The van der Waals surface area contributed by atoms with Gasteiger partial charge in [-0.1, -0.05) is 11.6 Å². The number of alkyl halides is 9. The molecule has 0 bridgehead atoms. The number of benzene rings is 2. The summed E-state index contributed by atoms with van der Waals surface area (Å²) in [5, 5.41) is -0.799. The average Bonchev–Trinajstić information content (AvgIpc) is 3.73. The zero-order valence-corrected chi connectivity index (χ0v) is 24.1. The van der Waals surface area contributed by atoms with E-state index in [1.807, 2.05) is 0 Å². The second-order valence-corrected chi connectivity index (χ2v) is 11.3. The van der Waals surface area contributed by atoms with Crippen LogP contribution < -0.4 is 4.90 Å². The molecule has 4 rings (SSSR count). The van der Waals surface area contributed by atoms with Gasteiger partial charge in [0.15, 0.2) is 0 Å². The lowest BCUT2D eigenvalue weighted by molar-refractivity contribution is -0.143. The summed E-state index contributed by atoms with van der Waals surface area (Å²) in [5.41, 5.74) is -5.52. The quantitative estimate of drug-likeness (QED) is 0.300. The van der Waals surface area contributed by atoms with Crippen molar-refractivity contribution in [2.24, 2.45) is 5.92 Å². The third-order valence-corrected chi connectivity index (χ3v) is 7.63. The van der Waals surface area contributed by atoms with Crippen LogP contribution in [-0.2, 0) is 34.5 Å². The third-order valence-electron chi connectivity index (χ3n) is 7.32. The number of anilines is 1. The highest BCUT2D eigenvalue weighted by Gasteiger charge is 2.49. The van der Waals surface area contributed by atoms with E-state index in [0.717, 1.165) is 23.0 Å². The largest absolute Gasteiger partial charge is 0.453 e. The van der Waals surface area contributed by atoms with Gasteiger partial charge in [0.25, 0.3) is 0 Å². The van der Waals surface area contributed by atoms with E-state index in [4.69, 9.17) is 21.1 Å². The van der Waals surface area contributed by atoms with Crippen molar-refractivity contribution in [3.8, 4) is 0 Å². The number of rotatable bonds is 5. The lowest BCUT2D eigenvalue weighted by Gasteiger charge is -2.44. The Bertz CT molecular complexity index is 1390. The zero-order chi connectivity index (χ0) is 32.9. The molecule has 1 fully saturated rings. The Morgan fingerprint density at radius 2 is 1.50 bits per heavy atom. The van der Waals surface area contributed by atoms with Crippen molar-refractivity contribution in [1.29, 1.82) is 0 Å². The van der Waals surface area contributed by atoms with Crippen molar-refractivity contribution < 1.29 is 58.6 Å². The number of methoxy groups -OCH3 is 1. The molecule has 0 N–H and O–H groups in total. The fourth-order valence-corrected chi connectivity index (χ4v) is 5.59. The van der Waals surface area contributed by atoms with Gasteiger partial charge in [0.1, 0.15) is 0 Å². The monoisotopic (exact) mass is 660 g/mol. The maximum Gasteiger partial charge on any atom is 0.417 e. The van der Waals surface area contributed by atoms with Crippen LogP contribution in [0.1, 0.15) is 67.0 Å². The van der Waals surface area contributed by atoms with Crippen molar-refractivity contribution in [1.82, 2.24) is 4.90 Å². The van der Waals surface area contributed by atoms with Crippen molar-refractivity contribution in [3.63, 3.8) is 0 Å². The van der Waals surface area contributed by atoms with E-state index in [-0.39, 0.29) is 29.7 Å². The normalized spacial score (nSPS) is 19.1. The topological polar surface area (TPSA) is 59.1 Å². The average molecular weight is 661 g/mol. The summed E-state index contributed by atoms with van der Waals surface area (Å²) >= 11 is 6.01. The van der Waals surface area contributed by atoms with Gasteiger partial charge in [-0.15, -0.1) is 0 Å². The van der Waals surface area contributed by atoms with Crippen LogP contribution in [0.2, 0.25) is 5.02 Å². The van der Waals surface area contributed by atoms with E-state index < -0.39 is 82.7 Å². The molecule has 0 radical (unpaired) electrons. The number of amides is 2. The predicted molar refractivity (Wildman–Crippen MR) is 139 cm³/mol. The maximum absolute atomic E-state index is 13.9. The number of carbonyl (C=O) groups excluding carboxylic acids is 2. The Morgan fingerprint density at radius 1 is 0.932 bits per heavy atom. The van der Waals surface area contributed by atoms with E-state index in [9.17, 15) is 49.1 Å². The number of ether oxygens (including phenoxy) is 2. The van der Waals surface area contributed by atoms with Crippen molar-refractivity contribution in [3.05, 3.63) is 63.2 Å². The van der Waals surface area contributed by atoms with Crippen LogP contribution in [0.5, 0.6) is 0 Å². The number of fused-ring (bicyclic) bond motifs is 1. The molecule has 1 saturated carbocycles. The highest BCUT2D eigenvalue weighted by Crippen LogP contribution is 2.51.